The number of nitrogens with one attached hydrogen (secondary N) is 1. The molecule has 1 atom stereocenters. The Kier molecular flexibility index (Phi) is 6.59. The second-order valence-electron chi connectivity index (χ2n) is 6.29. The van der Waals surface area contributed by atoms with Crippen molar-refractivity contribution in [2.75, 3.05) is 0 Å². The van der Waals surface area contributed by atoms with Gasteiger partial charge in [0.05, 0.1) is 12.8 Å². The molecule has 0 saturated carbocycles. The normalized spacial score (nSPS) is 11.8. The molecule has 5 heteroatoms. The van der Waals surface area contributed by atoms with E-state index in [1.54, 1.807) is 12.1 Å². The van der Waals surface area contributed by atoms with Crippen molar-refractivity contribution < 1.29 is 14.7 Å². The molecule has 0 saturated heterocycles. The minimum Gasteiger partial charge on any atom is -0.481 e. The number of aliphatic carboxylic acids is 1. The average Bonchev–Trinajstić information content (AvgIpc) is 2.52. The Hall–Kier alpha value is -2.33. The lowest BCUT2D eigenvalue weighted by Gasteiger charge is -2.17. The van der Waals surface area contributed by atoms with Gasteiger partial charge >= 0.3 is 5.97 Å². The highest BCUT2D eigenvalue weighted by Crippen LogP contribution is 2.13. The molecule has 2 N–H and O–H groups in total. The minimum absolute atomic E-state index is 0.124. The number of carbonyl (C=O) groups is 2. The van der Waals surface area contributed by atoms with E-state index in [9.17, 15) is 9.59 Å². The molecule has 132 valence electrons. The van der Waals surface area contributed by atoms with Gasteiger partial charge in [-0.3, -0.25) is 9.59 Å². The van der Waals surface area contributed by atoms with Crippen LogP contribution in [-0.4, -0.2) is 23.0 Å². The zero-order valence-corrected chi connectivity index (χ0v) is 15.1. The molecule has 0 bridgehead atoms. The highest BCUT2D eigenvalue weighted by molar-refractivity contribution is 6.30. The summed E-state index contributed by atoms with van der Waals surface area (Å²) in [6, 6.07) is 12.6. The fourth-order valence-corrected chi connectivity index (χ4v) is 2.79. The molecular formula is C20H22ClNO3. The lowest BCUT2D eigenvalue weighted by molar-refractivity contribution is -0.137. The molecule has 0 heterocycles. The molecule has 1 amide bonds. The number of rotatable bonds is 7. The van der Waals surface area contributed by atoms with Gasteiger partial charge in [0, 0.05) is 11.1 Å². The Bertz CT molecular complexity index is 756. The fourth-order valence-electron chi connectivity index (χ4n) is 2.67. The van der Waals surface area contributed by atoms with Gasteiger partial charge in [-0.2, -0.15) is 0 Å². The Morgan fingerprint density at radius 1 is 1.04 bits per heavy atom. The molecule has 0 radical (unpaired) electrons. The predicted molar refractivity (Wildman–Crippen MR) is 99.0 cm³/mol. The quantitative estimate of drug-likeness (QED) is 0.792. The van der Waals surface area contributed by atoms with Crippen molar-refractivity contribution in [2.24, 2.45) is 0 Å². The number of amides is 1. The first-order chi connectivity index (χ1) is 11.8. The van der Waals surface area contributed by atoms with Crippen LogP contribution in [0.5, 0.6) is 0 Å². The van der Waals surface area contributed by atoms with E-state index in [1.807, 2.05) is 44.2 Å². The molecule has 4 nitrogen and oxygen atoms in total. The van der Waals surface area contributed by atoms with Crippen LogP contribution in [0.3, 0.4) is 0 Å². The van der Waals surface area contributed by atoms with Gasteiger partial charge in [-0.15, -0.1) is 0 Å². The van der Waals surface area contributed by atoms with Crippen molar-refractivity contribution in [2.45, 2.75) is 39.2 Å². The third-order valence-corrected chi connectivity index (χ3v) is 4.37. The van der Waals surface area contributed by atoms with E-state index >= 15 is 0 Å². The van der Waals surface area contributed by atoms with E-state index in [-0.39, 0.29) is 18.7 Å². The third-order valence-electron chi connectivity index (χ3n) is 4.12. The smallest absolute Gasteiger partial charge is 0.305 e. The van der Waals surface area contributed by atoms with E-state index in [4.69, 9.17) is 16.7 Å². The first-order valence-corrected chi connectivity index (χ1v) is 8.53. The topological polar surface area (TPSA) is 66.4 Å². The van der Waals surface area contributed by atoms with Crippen LogP contribution in [0.25, 0.3) is 0 Å². The minimum atomic E-state index is -0.939. The first-order valence-electron chi connectivity index (χ1n) is 8.15. The molecule has 0 unspecified atom stereocenters. The molecule has 0 aliphatic carbocycles. The number of halogens is 1. The van der Waals surface area contributed by atoms with E-state index in [0.29, 0.717) is 11.4 Å². The van der Waals surface area contributed by atoms with Gasteiger partial charge in [0.1, 0.15) is 0 Å². The van der Waals surface area contributed by atoms with Crippen molar-refractivity contribution in [3.05, 3.63) is 69.7 Å². The van der Waals surface area contributed by atoms with Crippen LogP contribution in [0.15, 0.2) is 42.5 Å². The van der Waals surface area contributed by atoms with Gasteiger partial charge in [0.25, 0.3) is 0 Å². The average molecular weight is 360 g/mol. The summed E-state index contributed by atoms with van der Waals surface area (Å²) in [5.41, 5.74) is 4.16. The van der Waals surface area contributed by atoms with Crippen molar-refractivity contribution in [3.8, 4) is 0 Å². The second kappa shape index (κ2) is 8.67. The Morgan fingerprint density at radius 3 is 2.28 bits per heavy atom. The van der Waals surface area contributed by atoms with E-state index in [2.05, 4.69) is 5.32 Å². The SMILES string of the molecule is Cc1ccc(CC(=O)N[C@H](CC(=O)O)Cc2ccc(Cl)cc2)cc1C. The Labute approximate surface area is 152 Å². The molecule has 2 rings (SSSR count). The van der Waals surface area contributed by atoms with Crippen molar-refractivity contribution in [1.82, 2.24) is 5.32 Å². The molecule has 0 fully saturated rings. The van der Waals surface area contributed by atoms with Gasteiger partial charge < -0.3 is 10.4 Å². The molecule has 0 aromatic heterocycles. The van der Waals surface area contributed by atoms with Crippen molar-refractivity contribution in [3.63, 3.8) is 0 Å². The summed E-state index contributed by atoms with van der Waals surface area (Å²) in [4.78, 5) is 23.4. The lowest BCUT2D eigenvalue weighted by Crippen LogP contribution is -2.39. The zero-order chi connectivity index (χ0) is 18.4. The van der Waals surface area contributed by atoms with Crippen LogP contribution >= 0.6 is 11.6 Å². The Morgan fingerprint density at radius 2 is 1.68 bits per heavy atom. The van der Waals surface area contributed by atoms with Crippen LogP contribution in [0.4, 0.5) is 0 Å². The summed E-state index contributed by atoms with van der Waals surface area (Å²) in [6.45, 7) is 4.03. The number of hydrogen-bond donors (Lipinski definition) is 2. The fraction of sp³-hybridized carbons (Fsp3) is 0.300. The van der Waals surface area contributed by atoms with Crippen LogP contribution < -0.4 is 5.32 Å². The number of benzene rings is 2. The van der Waals surface area contributed by atoms with Crippen LogP contribution in [-0.2, 0) is 22.4 Å². The summed E-state index contributed by atoms with van der Waals surface area (Å²) in [6.07, 6.45) is 0.557. The van der Waals surface area contributed by atoms with Crippen LogP contribution in [0, 0.1) is 13.8 Å². The molecule has 25 heavy (non-hydrogen) atoms. The largest absolute Gasteiger partial charge is 0.481 e. The first kappa shape index (κ1) is 19.0. The second-order valence-corrected chi connectivity index (χ2v) is 6.72. The summed E-state index contributed by atoms with van der Waals surface area (Å²) in [5.74, 6) is -1.12. The summed E-state index contributed by atoms with van der Waals surface area (Å²) < 4.78 is 0. The van der Waals surface area contributed by atoms with Gasteiger partial charge in [-0.05, 0) is 54.7 Å². The number of carboxylic acid groups (broad SMARTS) is 1. The molecule has 0 spiro atoms. The van der Waals surface area contributed by atoms with E-state index in [1.165, 1.54) is 5.56 Å². The van der Waals surface area contributed by atoms with Crippen molar-refractivity contribution in [1.29, 1.82) is 0 Å². The monoisotopic (exact) mass is 359 g/mol. The number of hydrogen-bond acceptors (Lipinski definition) is 2. The molecular weight excluding hydrogens is 338 g/mol. The van der Waals surface area contributed by atoms with Gasteiger partial charge in [0.15, 0.2) is 0 Å². The third kappa shape index (κ3) is 6.24. The molecule has 0 aliphatic rings. The van der Waals surface area contributed by atoms with Gasteiger partial charge in [-0.25, -0.2) is 0 Å². The standard InChI is InChI=1S/C20H22ClNO3/c1-13-3-4-16(9-14(13)2)11-19(23)22-18(12-20(24)25)10-15-5-7-17(21)8-6-15/h3-9,18H,10-12H2,1-2H3,(H,22,23)(H,24,25)/t18-/m0/s1. The van der Waals surface area contributed by atoms with Crippen LogP contribution in [0.1, 0.15) is 28.7 Å². The summed E-state index contributed by atoms with van der Waals surface area (Å²) in [5, 5.41) is 12.6. The van der Waals surface area contributed by atoms with E-state index in [0.717, 1.165) is 16.7 Å². The number of aryl methyl sites for hydroxylation is 2. The number of carboxylic acids is 1. The highest BCUT2D eigenvalue weighted by atomic mass is 35.5. The maximum absolute atomic E-state index is 12.3. The lowest BCUT2D eigenvalue weighted by atomic mass is 10.0. The van der Waals surface area contributed by atoms with Gasteiger partial charge in [-0.1, -0.05) is 41.9 Å². The summed E-state index contributed by atoms with van der Waals surface area (Å²) in [7, 11) is 0. The maximum atomic E-state index is 12.3. The van der Waals surface area contributed by atoms with Crippen molar-refractivity contribution >= 4 is 23.5 Å². The van der Waals surface area contributed by atoms with Crippen LogP contribution in [0.2, 0.25) is 5.02 Å². The van der Waals surface area contributed by atoms with E-state index < -0.39 is 12.0 Å². The predicted octanol–water partition coefficient (Wildman–Crippen LogP) is 3.70. The van der Waals surface area contributed by atoms with Gasteiger partial charge in [0.2, 0.25) is 5.91 Å². The number of carbonyl (C=O) groups excluding carboxylic acids is 1. The molecule has 0 aliphatic heterocycles. The Balaban J connectivity index is 2.02. The zero-order valence-electron chi connectivity index (χ0n) is 14.4. The summed E-state index contributed by atoms with van der Waals surface area (Å²) >= 11 is 5.87. The maximum Gasteiger partial charge on any atom is 0.305 e. The highest BCUT2D eigenvalue weighted by Gasteiger charge is 2.17. The molecule has 2 aromatic rings. The molecule has 2 aromatic carbocycles.